The molecule has 0 saturated carbocycles. The lowest BCUT2D eigenvalue weighted by molar-refractivity contribution is 0.144. The predicted octanol–water partition coefficient (Wildman–Crippen LogP) is 4.03. The lowest BCUT2D eigenvalue weighted by atomic mass is 9.89. The van der Waals surface area contributed by atoms with E-state index in [2.05, 4.69) is 5.32 Å². The van der Waals surface area contributed by atoms with Crippen molar-refractivity contribution >= 4 is 23.2 Å². The second-order valence-corrected chi connectivity index (χ2v) is 5.51. The topological polar surface area (TPSA) is 32.3 Å². The molecule has 2 nitrogen and oxygen atoms in total. The van der Waals surface area contributed by atoms with Crippen molar-refractivity contribution in [3.05, 3.63) is 69.7 Å². The van der Waals surface area contributed by atoms with Gasteiger partial charge in [0.2, 0.25) is 0 Å². The Morgan fingerprint density at radius 3 is 2.30 bits per heavy atom. The molecule has 0 heterocycles. The van der Waals surface area contributed by atoms with E-state index in [1.807, 2.05) is 49.5 Å². The Hall–Kier alpha value is -1.06. The van der Waals surface area contributed by atoms with Gasteiger partial charge in [0, 0.05) is 12.5 Å². The molecule has 2 atom stereocenters. The number of hydrogen-bond donors (Lipinski definition) is 2. The maximum atomic E-state index is 10.6. The van der Waals surface area contributed by atoms with Crippen LogP contribution in [0.1, 0.15) is 23.1 Å². The van der Waals surface area contributed by atoms with Crippen molar-refractivity contribution in [2.75, 3.05) is 13.6 Å². The Morgan fingerprint density at radius 2 is 1.70 bits per heavy atom. The maximum absolute atomic E-state index is 10.6. The minimum atomic E-state index is -0.596. The number of nitrogens with one attached hydrogen (secondary N) is 1. The molecule has 2 rings (SSSR count). The summed E-state index contributed by atoms with van der Waals surface area (Å²) in [6.07, 6.45) is -0.596. The number of aliphatic hydroxyl groups is 1. The highest BCUT2D eigenvalue weighted by molar-refractivity contribution is 6.42. The second-order valence-electron chi connectivity index (χ2n) is 4.69. The zero-order chi connectivity index (χ0) is 14.5. The van der Waals surface area contributed by atoms with Gasteiger partial charge in [0.15, 0.2) is 0 Å². The predicted molar refractivity (Wildman–Crippen MR) is 84.5 cm³/mol. The number of likely N-dealkylation sites (N-methyl/N-ethyl adjacent to an activating group) is 1. The summed E-state index contributed by atoms with van der Waals surface area (Å²) in [7, 11) is 1.86. The summed E-state index contributed by atoms with van der Waals surface area (Å²) in [4.78, 5) is 0. The summed E-state index contributed by atoms with van der Waals surface area (Å²) in [5.41, 5.74) is 1.85. The van der Waals surface area contributed by atoms with Crippen molar-refractivity contribution in [2.45, 2.75) is 12.0 Å². The third-order valence-electron chi connectivity index (χ3n) is 3.32. The molecule has 2 aromatic carbocycles. The fourth-order valence-electron chi connectivity index (χ4n) is 2.26. The van der Waals surface area contributed by atoms with Crippen LogP contribution < -0.4 is 5.32 Å². The van der Waals surface area contributed by atoms with Crippen molar-refractivity contribution in [3.8, 4) is 0 Å². The largest absolute Gasteiger partial charge is 0.388 e. The highest BCUT2D eigenvalue weighted by Gasteiger charge is 2.22. The van der Waals surface area contributed by atoms with Crippen molar-refractivity contribution in [2.24, 2.45) is 0 Å². The van der Waals surface area contributed by atoms with Crippen LogP contribution in [0, 0.1) is 0 Å². The summed E-state index contributed by atoms with van der Waals surface area (Å²) < 4.78 is 0. The monoisotopic (exact) mass is 309 g/mol. The minimum absolute atomic E-state index is 0.0860. The molecule has 0 aliphatic carbocycles. The fraction of sp³-hybridized carbons (Fsp3) is 0.250. The van der Waals surface area contributed by atoms with E-state index < -0.39 is 6.10 Å². The molecule has 1 unspecified atom stereocenters. The van der Waals surface area contributed by atoms with Gasteiger partial charge in [-0.15, -0.1) is 0 Å². The van der Waals surface area contributed by atoms with Crippen LogP contribution in [0.25, 0.3) is 0 Å². The molecule has 0 amide bonds. The quantitative estimate of drug-likeness (QED) is 0.874. The van der Waals surface area contributed by atoms with Crippen LogP contribution in [0.3, 0.4) is 0 Å². The van der Waals surface area contributed by atoms with Crippen LogP contribution in [0.5, 0.6) is 0 Å². The van der Waals surface area contributed by atoms with Gasteiger partial charge >= 0.3 is 0 Å². The first-order valence-electron chi connectivity index (χ1n) is 6.46. The van der Waals surface area contributed by atoms with Gasteiger partial charge in [-0.05, 0) is 30.3 Å². The van der Waals surface area contributed by atoms with Crippen LogP contribution in [0.15, 0.2) is 48.5 Å². The van der Waals surface area contributed by atoms with Crippen LogP contribution in [-0.2, 0) is 0 Å². The standard InChI is InChI=1S/C16H17Cl2NO/c1-19-10-13(12-7-8-14(17)15(18)9-12)16(20)11-5-3-2-4-6-11/h2-9,13,16,19-20H,10H2,1H3/t13?,16-/m0/s1. The molecular weight excluding hydrogens is 293 g/mol. The van der Waals surface area contributed by atoms with Gasteiger partial charge in [-0.2, -0.15) is 0 Å². The van der Waals surface area contributed by atoms with E-state index >= 15 is 0 Å². The van der Waals surface area contributed by atoms with Crippen molar-refractivity contribution in [1.29, 1.82) is 0 Å². The van der Waals surface area contributed by atoms with Crippen molar-refractivity contribution in [1.82, 2.24) is 5.32 Å². The molecule has 0 aliphatic heterocycles. The highest BCUT2D eigenvalue weighted by atomic mass is 35.5. The number of halogens is 2. The number of benzene rings is 2. The minimum Gasteiger partial charge on any atom is -0.388 e. The Bertz CT molecular complexity index is 560. The lowest BCUT2D eigenvalue weighted by Gasteiger charge is -2.24. The molecule has 0 aliphatic rings. The van der Waals surface area contributed by atoms with Gasteiger partial charge in [0.1, 0.15) is 0 Å². The molecule has 106 valence electrons. The Kier molecular flexibility index (Phi) is 5.44. The normalized spacial score (nSPS) is 14.0. The van der Waals surface area contributed by atoms with Crippen molar-refractivity contribution in [3.63, 3.8) is 0 Å². The number of aliphatic hydroxyl groups excluding tert-OH is 1. The fourth-order valence-corrected chi connectivity index (χ4v) is 2.56. The molecule has 0 spiro atoms. The molecule has 0 fully saturated rings. The van der Waals surface area contributed by atoms with Crippen LogP contribution >= 0.6 is 23.2 Å². The summed E-state index contributed by atoms with van der Waals surface area (Å²) in [6, 6.07) is 15.1. The van der Waals surface area contributed by atoms with Gasteiger partial charge in [0.25, 0.3) is 0 Å². The first-order valence-corrected chi connectivity index (χ1v) is 7.21. The average molecular weight is 310 g/mol. The SMILES string of the molecule is CNCC(c1ccc(Cl)c(Cl)c1)[C@@H](O)c1ccccc1. The van der Waals surface area contributed by atoms with E-state index in [1.54, 1.807) is 6.07 Å². The van der Waals surface area contributed by atoms with Crippen molar-refractivity contribution < 1.29 is 5.11 Å². The molecule has 4 heteroatoms. The average Bonchev–Trinajstić information content (AvgIpc) is 2.48. The Balaban J connectivity index is 2.33. The molecule has 0 radical (unpaired) electrons. The second kappa shape index (κ2) is 7.09. The summed E-state index contributed by atoms with van der Waals surface area (Å²) in [5, 5.41) is 14.8. The Labute approximate surface area is 129 Å². The van der Waals surface area contributed by atoms with Gasteiger partial charge < -0.3 is 10.4 Å². The van der Waals surface area contributed by atoms with Crippen LogP contribution in [0.4, 0.5) is 0 Å². The molecule has 0 aromatic heterocycles. The highest BCUT2D eigenvalue weighted by Crippen LogP contribution is 2.33. The first kappa shape index (κ1) is 15.3. The number of hydrogen-bond acceptors (Lipinski definition) is 2. The van der Waals surface area contributed by atoms with E-state index in [-0.39, 0.29) is 5.92 Å². The summed E-state index contributed by atoms with van der Waals surface area (Å²) in [5.74, 6) is -0.0860. The van der Waals surface area contributed by atoms with Gasteiger partial charge in [0.05, 0.1) is 16.1 Å². The van der Waals surface area contributed by atoms with E-state index in [9.17, 15) is 5.11 Å². The van der Waals surface area contributed by atoms with Crippen LogP contribution in [-0.4, -0.2) is 18.7 Å². The van der Waals surface area contributed by atoms with E-state index in [0.29, 0.717) is 16.6 Å². The Morgan fingerprint density at radius 1 is 1.00 bits per heavy atom. The van der Waals surface area contributed by atoms with Gasteiger partial charge in [-0.1, -0.05) is 59.6 Å². The third-order valence-corrected chi connectivity index (χ3v) is 4.06. The van der Waals surface area contributed by atoms with E-state index in [0.717, 1.165) is 11.1 Å². The molecular formula is C16H17Cl2NO. The van der Waals surface area contributed by atoms with E-state index in [1.165, 1.54) is 0 Å². The molecule has 2 aromatic rings. The van der Waals surface area contributed by atoms with E-state index in [4.69, 9.17) is 23.2 Å². The zero-order valence-corrected chi connectivity index (χ0v) is 12.7. The third kappa shape index (κ3) is 3.53. The molecule has 2 N–H and O–H groups in total. The van der Waals surface area contributed by atoms with Crippen LogP contribution in [0.2, 0.25) is 10.0 Å². The summed E-state index contributed by atoms with van der Waals surface area (Å²) >= 11 is 12.0. The maximum Gasteiger partial charge on any atom is 0.0870 e. The lowest BCUT2D eigenvalue weighted by Crippen LogP contribution is -2.23. The molecule has 0 bridgehead atoms. The number of rotatable bonds is 5. The summed E-state index contributed by atoms with van der Waals surface area (Å²) in [6.45, 7) is 0.647. The smallest absolute Gasteiger partial charge is 0.0870 e. The zero-order valence-electron chi connectivity index (χ0n) is 11.2. The molecule has 0 saturated heterocycles. The molecule has 20 heavy (non-hydrogen) atoms. The van der Waals surface area contributed by atoms with Gasteiger partial charge in [-0.25, -0.2) is 0 Å². The first-order chi connectivity index (χ1) is 9.63. The van der Waals surface area contributed by atoms with Gasteiger partial charge in [-0.3, -0.25) is 0 Å².